The molecule has 0 spiro atoms. The van der Waals surface area contributed by atoms with Crippen LogP contribution in [0.4, 0.5) is 0 Å². The van der Waals surface area contributed by atoms with Gasteiger partial charge in [-0.2, -0.15) is 0 Å². The van der Waals surface area contributed by atoms with Crippen molar-refractivity contribution in [2.75, 3.05) is 18.8 Å². The first-order chi connectivity index (χ1) is 7.88. The lowest BCUT2D eigenvalue weighted by Gasteiger charge is -2.22. The maximum absolute atomic E-state index is 12.0. The van der Waals surface area contributed by atoms with E-state index in [0.717, 1.165) is 6.42 Å². The number of carboxylic acid groups (broad SMARTS) is 1. The average molecular weight is 263 g/mol. The van der Waals surface area contributed by atoms with Crippen molar-refractivity contribution in [1.82, 2.24) is 4.31 Å². The van der Waals surface area contributed by atoms with Crippen LogP contribution in [0.5, 0.6) is 0 Å². The van der Waals surface area contributed by atoms with E-state index in [1.54, 1.807) is 6.92 Å². The molecule has 0 aromatic heterocycles. The molecule has 6 heteroatoms. The van der Waals surface area contributed by atoms with Crippen LogP contribution >= 0.6 is 0 Å². The number of carbonyl (C=O) groups is 1. The summed E-state index contributed by atoms with van der Waals surface area (Å²) in [5.74, 6) is -0.753. The summed E-state index contributed by atoms with van der Waals surface area (Å²) < 4.78 is 25.2. The van der Waals surface area contributed by atoms with Crippen molar-refractivity contribution in [1.29, 1.82) is 0 Å². The Morgan fingerprint density at radius 1 is 1.41 bits per heavy atom. The van der Waals surface area contributed by atoms with Gasteiger partial charge in [0.1, 0.15) is 0 Å². The standard InChI is InChI=1S/C11H21NO4S/c1-3-5-8-17(15,16)12-7-6-11(4-2,9-12)10(13)14/h3-9H2,1-2H3,(H,13,14). The maximum atomic E-state index is 12.0. The van der Waals surface area contributed by atoms with Crippen LogP contribution in [0.25, 0.3) is 0 Å². The van der Waals surface area contributed by atoms with Gasteiger partial charge in [0.25, 0.3) is 0 Å². The lowest BCUT2D eigenvalue weighted by Crippen LogP contribution is -2.37. The Balaban J connectivity index is 2.76. The molecule has 0 amide bonds. The average Bonchev–Trinajstić information content (AvgIpc) is 2.72. The lowest BCUT2D eigenvalue weighted by molar-refractivity contribution is -0.148. The number of unbranched alkanes of at least 4 members (excludes halogenated alkanes) is 1. The minimum atomic E-state index is -3.27. The summed E-state index contributed by atoms with van der Waals surface area (Å²) in [6.45, 7) is 4.21. The molecule has 1 N–H and O–H groups in total. The molecule has 0 aromatic carbocycles. The summed E-state index contributed by atoms with van der Waals surface area (Å²) in [7, 11) is -3.27. The molecule has 1 aliphatic rings. The highest BCUT2D eigenvalue weighted by Crippen LogP contribution is 2.35. The molecular weight excluding hydrogens is 242 g/mol. The molecule has 1 aliphatic heterocycles. The molecule has 1 unspecified atom stereocenters. The van der Waals surface area contributed by atoms with E-state index in [4.69, 9.17) is 0 Å². The molecule has 5 nitrogen and oxygen atoms in total. The van der Waals surface area contributed by atoms with Gasteiger partial charge in [0.2, 0.25) is 10.0 Å². The van der Waals surface area contributed by atoms with Crippen molar-refractivity contribution >= 4 is 16.0 Å². The fourth-order valence-electron chi connectivity index (χ4n) is 2.14. The summed E-state index contributed by atoms with van der Waals surface area (Å²) in [4.78, 5) is 11.2. The summed E-state index contributed by atoms with van der Waals surface area (Å²) in [5, 5.41) is 9.20. The molecule has 0 aliphatic carbocycles. The Labute approximate surface area is 103 Å². The zero-order valence-corrected chi connectivity index (χ0v) is 11.3. The smallest absolute Gasteiger partial charge is 0.311 e. The predicted molar refractivity (Wildman–Crippen MR) is 65.2 cm³/mol. The van der Waals surface area contributed by atoms with Crippen LogP contribution in [-0.2, 0) is 14.8 Å². The highest BCUT2D eigenvalue weighted by molar-refractivity contribution is 7.89. The maximum Gasteiger partial charge on any atom is 0.311 e. The van der Waals surface area contributed by atoms with Gasteiger partial charge in [0.05, 0.1) is 11.2 Å². The Hall–Kier alpha value is -0.620. The van der Waals surface area contributed by atoms with Gasteiger partial charge in [0, 0.05) is 13.1 Å². The van der Waals surface area contributed by atoms with Gasteiger partial charge in [-0.3, -0.25) is 4.79 Å². The van der Waals surface area contributed by atoms with Gasteiger partial charge < -0.3 is 5.11 Å². The molecule has 1 rings (SSSR count). The summed E-state index contributed by atoms with van der Waals surface area (Å²) in [5.41, 5.74) is -0.876. The first kappa shape index (κ1) is 14.4. The second-order valence-electron chi connectivity index (χ2n) is 4.69. The monoisotopic (exact) mass is 263 g/mol. The van der Waals surface area contributed by atoms with Gasteiger partial charge in [-0.05, 0) is 19.3 Å². The van der Waals surface area contributed by atoms with E-state index in [2.05, 4.69) is 0 Å². The van der Waals surface area contributed by atoms with E-state index in [9.17, 15) is 18.3 Å². The van der Waals surface area contributed by atoms with Gasteiger partial charge in [-0.25, -0.2) is 12.7 Å². The second kappa shape index (κ2) is 5.35. The third-order valence-corrected chi connectivity index (χ3v) is 5.50. The molecule has 17 heavy (non-hydrogen) atoms. The SMILES string of the molecule is CCCCS(=O)(=O)N1CCC(CC)(C(=O)O)C1. The van der Waals surface area contributed by atoms with E-state index >= 15 is 0 Å². The zero-order valence-electron chi connectivity index (χ0n) is 10.5. The molecule has 100 valence electrons. The third kappa shape index (κ3) is 2.98. The van der Waals surface area contributed by atoms with Crippen molar-refractivity contribution in [3.63, 3.8) is 0 Å². The fourth-order valence-corrected chi connectivity index (χ4v) is 3.87. The van der Waals surface area contributed by atoms with Crippen LogP contribution in [0.1, 0.15) is 39.5 Å². The predicted octanol–water partition coefficient (Wildman–Crippen LogP) is 1.30. The number of hydrogen-bond donors (Lipinski definition) is 1. The summed E-state index contributed by atoms with van der Waals surface area (Å²) in [6, 6.07) is 0. The first-order valence-electron chi connectivity index (χ1n) is 6.09. The normalized spacial score (nSPS) is 26.2. The lowest BCUT2D eigenvalue weighted by atomic mass is 9.85. The summed E-state index contributed by atoms with van der Waals surface area (Å²) >= 11 is 0. The van der Waals surface area contributed by atoms with Crippen LogP contribution in [0.3, 0.4) is 0 Å². The number of nitrogens with zero attached hydrogens (tertiary/aromatic N) is 1. The Morgan fingerprint density at radius 3 is 2.47 bits per heavy atom. The molecule has 0 radical (unpaired) electrons. The highest BCUT2D eigenvalue weighted by Gasteiger charge is 2.46. The van der Waals surface area contributed by atoms with Crippen molar-refractivity contribution in [3.8, 4) is 0 Å². The number of hydrogen-bond acceptors (Lipinski definition) is 3. The second-order valence-corrected chi connectivity index (χ2v) is 6.78. The largest absolute Gasteiger partial charge is 0.481 e. The van der Waals surface area contributed by atoms with Gasteiger partial charge in [-0.1, -0.05) is 20.3 Å². The molecule has 1 atom stereocenters. The third-order valence-electron chi connectivity index (χ3n) is 3.60. The fraction of sp³-hybridized carbons (Fsp3) is 0.909. The van der Waals surface area contributed by atoms with Crippen molar-refractivity contribution in [2.24, 2.45) is 5.41 Å². The van der Waals surface area contributed by atoms with E-state index in [1.807, 2.05) is 6.92 Å². The van der Waals surface area contributed by atoms with Crippen LogP contribution in [0.2, 0.25) is 0 Å². The van der Waals surface area contributed by atoms with Crippen LogP contribution < -0.4 is 0 Å². The van der Waals surface area contributed by atoms with Crippen molar-refractivity contribution < 1.29 is 18.3 Å². The minimum absolute atomic E-state index is 0.128. The number of aliphatic carboxylic acids is 1. The molecule has 1 heterocycles. The number of carboxylic acids is 1. The molecule has 1 fully saturated rings. The van der Waals surface area contributed by atoms with E-state index in [0.29, 0.717) is 25.8 Å². The van der Waals surface area contributed by atoms with Crippen molar-refractivity contribution in [3.05, 3.63) is 0 Å². The Kier molecular flexibility index (Phi) is 4.55. The van der Waals surface area contributed by atoms with E-state index < -0.39 is 21.4 Å². The number of rotatable bonds is 6. The quantitative estimate of drug-likeness (QED) is 0.784. The Bertz CT molecular complexity index is 379. The molecule has 0 saturated carbocycles. The van der Waals surface area contributed by atoms with Crippen LogP contribution in [0.15, 0.2) is 0 Å². The summed E-state index contributed by atoms with van der Waals surface area (Å²) in [6.07, 6.45) is 2.35. The molecule has 1 saturated heterocycles. The molecule has 0 bridgehead atoms. The Morgan fingerprint density at radius 2 is 2.06 bits per heavy atom. The van der Waals surface area contributed by atoms with Crippen molar-refractivity contribution in [2.45, 2.75) is 39.5 Å². The van der Waals surface area contributed by atoms with Gasteiger partial charge in [-0.15, -0.1) is 0 Å². The zero-order chi connectivity index (χ0) is 13.1. The van der Waals surface area contributed by atoms with Gasteiger partial charge in [0.15, 0.2) is 0 Å². The van der Waals surface area contributed by atoms with E-state index in [1.165, 1.54) is 4.31 Å². The number of sulfonamides is 1. The van der Waals surface area contributed by atoms with Crippen LogP contribution in [-0.4, -0.2) is 42.6 Å². The van der Waals surface area contributed by atoms with E-state index in [-0.39, 0.29) is 12.3 Å². The molecular formula is C11H21NO4S. The first-order valence-corrected chi connectivity index (χ1v) is 7.70. The minimum Gasteiger partial charge on any atom is -0.481 e. The highest BCUT2D eigenvalue weighted by atomic mass is 32.2. The van der Waals surface area contributed by atoms with Crippen LogP contribution in [0, 0.1) is 5.41 Å². The topological polar surface area (TPSA) is 74.7 Å². The van der Waals surface area contributed by atoms with Gasteiger partial charge >= 0.3 is 5.97 Å². The molecule has 0 aromatic rings.